The van der Waals surface area contributed by atoms with Crippen molar-refractivity contribution in [2.75, 3.05) is 45.3 Å². The summed E-state index contributed by atoms with van der Waals surface area (Å²) in [5.41, 5.74) is 1.05. The number of ether oxygens (including phenoxy) is 2. The first-order valence-corrected chi connectivity index (χ1v) is 10.4. The minimum Gasteiger partial charge on any atom is -0.493 e. The van der Waals surface area contributed by atoms with Crippen LogP contribution in [0.1, 0.15) is 25.3 Å². The van der Waals surface area contributed by atoms with Crippen molar-refractivity contribution in [3.63, 3.8) is 0 Å². The summed E-state index contributed by atoms with van der Waals surface area (Å²) in [6.07, 6.45) is 7.34. The molecule has 1 saturated heterocycles. The quantitative estimate of drug-likeness (QED) is 0.643. The summed E-state index contributed by atoms with van der Waals surface area (Å²) in [5, 5.41) is 18.7. The van der Waals surface area contributed by atoms with Crippen molar-refractivity contribution >= 4 is 11.9 Å². The molecule has 1 aliphatic heterocycles. The van der Waals surface area contributed by atoms with E-state index in [1.807, 2.05) is 56.5 Å². The first-order valence-electron chi connectivity index (χ1n) is 10.4. The zero-order valence-electron chi connectivity index (χ0n) is 18.1. The number of allylic oxidation sites excluding steroid dienone is 1. The molecule has 1 aliphatic rings. The Hall–Kier alpha value is -2.64. The molecule has 0 aliphatic carbocycles. The summed E-state index contributed by atoms with van der Waals surface area (Å²) in [6, 6.07) is 10.1. The van der Waals surface area contributed by atoms with Crippen molar-refractivity contribution in [1.29, 1.82) is 0 Å². The highest BCUT2D eigenvalue weighted by Gasteiger charge is 2.27. The Morgan fingerprint density at radius 2 is 2.20 bits per heavy atom. The van der Waals surface area contributed by atoms with Gasteiger partial charge in [0.15, 0.2) is 17.3 Å². The van der Waals surface area contributed by atoms with Gasteiger partial charge in [-0.3, -0.25) is 0 Å². The molecule has 1 N–H and O–H groups in total. The van der Waals surface area contributed by atoms with Crippen molar-refractivity contribution in [1.82, 2.24) is 15.1 Å². The van der Waals surface area contributed by atoms with Crippen LogP contribution in [0.15, 0.2) is 42.6 Å². The second-order valence-electron chi connectivity index (χ2n) is 7.67. The third kappa shape index (κ3) is 5.93. The van der Waals surface area contributed by atoms with E-state index >= 15 is 0 Å². The van der Waals surface area contributed by atoms with Gasteiger partial charge in [0.2, 0.25) is 0 Å². The standard InChI is InChI=1S/C23H32N4O3/c1-4-7-18-10-11-21(22(14-18)29-3)30-17-20(28)16-26(2)15-19-8-6-13-27(19)23-9-5-12-24-25-23/h4-5,7,9-12,14,19-20,28H,6,8,13,15-17H2,1-3H3/b7-4+. The van der Waals surface area contributed by atoms with Gasteiger partial charge < -0.3 is 24.4 Å². The third-order valence-corrected chi connectivity index (χ3v) is 5.25. The maximum absolute atomic E-state index is 10.5. The van der Waals surface area contributed by atoms with E-state index in [1.165, 1.54) is 0 Å². The molecule has 2 unspecified atom stereocenters. The molecule has 1 fully saturated rings. The Balaban J connectivity index is 1.49. The molecular weight excluding hydrogens is 380 g/mol. The Morgan fingerprint density at radius 1 is 1.33 bits per heavy atom. The van der Waals surface area contributed by atoms with E-state index in [-0.39, 0.29) is 6.61 Å². The molecule has 2 atom stereocenters. The number of nitrogens with zero attached hydrogens (tertiary/aromatic N) is 4. The topological polar surface area (TPSA) is 71.0 Å². The van der Waals surface area contributed by atoms with Gasteiger partial charge in [0.1, 0.15) is 12.7 Å². The van der Waals surface area contributed by atoms with Crippen LogP contribution < -0.4 is 14.4 Å². The monoisotopic (exact) mass is 412 g/mol. The van der Waals surface area contributed by atoms with Crippen molar-refractivity contribution in [2.24, 2.45) is 0 Å². The SMILES string of the molecule is C/C=C/c1ccc(OCC(O)CN(C)CC2CCCN2c2cccnn2)c(OC)c1. The Kier molecular flexibility index (Phi) is 8.04. The van der Waals surface area contributed by atoms with Gasteiger partial charge in [-0.15, -0.1) is 5.10 Å². The molecule has 3 rings (SSSR count). The molecule has 0 saturated carbocycles. The van der Waals surface area contributed by atoms with Gasteiger partial charge in [0, 0.05) is 31.9 Å². The molecule has 1 aromatic carbocycles. The minimum absolute atomic E-state index is 0.211. The number of aliphatic hydroxyl groups excluding tert-OH is 1. The average Bonchev–Trinajstić information content (AvgIpc) is 3.21. The average molecular weight is 413 g/mol. The van der Waals surface area contributed by atoms with Gasteiger partial charge in [-0.25, -0.2) is 0 Å². The number of benzene rings is 1. The molecule has 0 radical (unpaired) electrons. The first-order chi connectivity index (χ1) is 14.6. The zero-order valence-corrected chi connectivity index (χ0v) is 18.1. The van der Waals surface area contributed by atoms with Gasteiger partial charge >= 0.3 is 0 Å². The van der Waals surface area contributed by atoms with Crippen LogP contribution >= 0.6 is 0 Å². The van der Waals surface area contributed by atoms with E-state index in [4.69, 9.17) is 9.47 Å². The van der Waals surface area contributed by atoms with E-state index < -0.39 is 6.10 Å². The molecule has 7 nitrogen and oxygen atoms in total. The molecule has 1 aromatic heterocycles. The van der Waals surface area contributed by atoms with E-state index in [1.54, 1.807) is 13.3 Å². The van der Waals surface area contributed by atoms with Crippen molar-refractivity contribution < 1.29 is 14.6 Å². The van der Waals surface area contributed by atoms with Crippen LogP contribution in [0.4, 0.5) is 5.82 Å². The Morgan fingerprint density at radius 3 is 2.93 bits per heavy atom. The van der Waals surface area contributed by atoms with E-state index in [2.05, 4.69) is 20.0 Å². The molecule has 0 spiro atoms. The number of hydrogen-bond donors (Lipinski definition) is 1. The number of rotatable bonds is 10. The number of aromatic nitrogens is 2. The lowest BCUT2D eigenvalue weighted by atomic mass is 10.2. The van der Waals surface area contributed by atoms with Gasteiger partial charge in [0.05, 0.1) is 7.11 Å². The summed E-state index contributed by atoms with van der Waals surface area (Å²) in [4.78, 5) is 4.46. The summed E-state index contributed by atoms with van der Waals surface area (Å²) >= 11 is 0. The summed E-state index contributed by atoms with van der Waals surface area (Å²) in [6.45, 7) is 4.56. The maximum Gasteiger partial charge on any atom is 0.161 e. The minimum atomic E-state index is -0.596. The summed E-state index contributed by atoms with van der Waals surface area (Å²) in [7, 11) is 3.65. The molecule has 0 bridgehead atoms. The predicted octanol–water partition coefficient (Wildman–Crippen LogP) is 2.86. The van der Waals surface area contributed by atoms with E-state index in [0.29, 0.717) is 24.1 Å². The van der Waals surface area contributed by atoms with Crippen LogP contribution in [0.25, 0.3) is 6.08 Å². The molecule has 2 heterocycles. The molecule has 7 heteroatoms. The highest BCUT2D eigenvalue weighted by atomic mass is 16.5. The summed E-state index contributed by atoms with van der Waals surface area (Å²) in [5.74, 6) is 2.22. The molecule has 0 amide bonds. The lowest BCUT2D eigenvalue weighted by Gasteiger charge is -2.30. The number of anilines is 1. The highest BCUT2D eigenvalue weighted by Crippen LogP contribution is 2.29. The van der Waals surface area contributed by atoms with Crippen molar-refractivity contribution in [3.8, 4) is 11.5 Å². The summed E-state index contributed by atoms with van der Waals surface area (Å²) < 4.78 is 11.3. The van der Waals surface area contributed by atoms with Crippen LogP contribution in [0.5, 0.6) is 11.5 Å². The largest absolute Gasteiger partial charge is 0.493 e. The second-order valence-corrected chi connectivity index (χ2v) is 7.67. The fourth-order valence-corrected chi connectivity index (χ4v) is 3.91. The molecule has 2 aromatic rings. The van der Waals surface area contributed by atoms with Crippen LogP contribution in [-0.4, -0.2) is 72.7 Å². The lowest BCUT2D eigenvalue weighted by Crippen LogP contribution is -2.42. The molecular formula is C23H32N4O3. The van der Waals surface area contributed by atoms with Crippen molar-refractivity contribution in [2.45, 2.75) is 31.9 Å². The van der Waals surface area contributed by atoms with Gasteiger partial charge in [-0.2, -0.15) is 5.10 Å². The normalized spacial score (nSPS) is 17.6. The van der Waals surface area contributed by atoms with Crippen molar-refractivity contribution in [3.05, 3.63) is 48.2 Å². The second kappa shape index (κ2) is 10.9. The smallest absolute Gasteiger partial charge is 0.161 e. The third-order valence-electron chi connectivity index (χ3n) is 5.25. The predicted molar refractivity (Wildman–Crippen MR) is 119 cm³/mol. The molecule has 30 heavy (non-hydrogen) atoms. The van der Waals surface area contributed by atoms with Crippen LogP contribution in [-0.2, 0) is 0 Å². The van der Waals surface area contributed by atoms with Gasteiger partial charge in [-0.05, 0) is 56.6 Å². The first kappa shape index (κ1) is 22.1. The number of aliphatic hydroxyl groups is 1. The highest BCUT2D eigenvalue weighted by molar-refractivity contribution is 5.55. The van der Waals surface area contributed by atoms with E-state index in [0.717, 1.165) is 37.3 Å². The number of hydrogen-bond acceptors (Lipinski definition) is 7. The maximum atomic E-state index is 10.5. The molecule has 162 valence electrons. The van der Waals surface area contributed by atoms with Crippen LogP contribution in [0.3, 0.4) is 0 Å². The number of methoxy groups -OCH3 is 1. The fraction of sp³-hybridized carbons (Fsp3) is 0.478. The van der Waals surface area contributed by atoms with Gasteiger partial charge in [0.25, 0.3) is 0 Å². The van der Waals surface area contributed by atoms with Crippen LogP contribution in [0.2, 0.25) is 0 Å². The zero-order chi connectivity index (χ0) is 21.3. The Bertz CT molecular complexity index is 815. The van der Waals surface area contributed by atoms with E-state index in [9.17, 15) is 5.11 Å². The number of likely N-dealkylation sites (N-methyl/N-ethyl adjacent to an activating group) is 1. The van der Waals surface area contributed by atoms with Gasteiger partial charge in [-0.1, -0.05) is 18.2 Å². The van der Waals surface area contributed by atoms with Crippen LogP contribution in [0, 0.1) is 0 Å². The fourth-order valence-electron chi connectivity index (χ4n) is 3.91. The Labute approximate surface area is 178 Å². The lowest BCUT2D eigenvalue weighted by molar-refractivity contribution is 0.0737.